The maximum Gasteiger partial charge on any atom is 0.294 e. The van der Waals surface area contributed by atoms with Crippen LogP contribution >= 0.6 is 11.8 Å². The third-order valence-electron chi connectivity index (χ3n) is 4.54. The fourth-order valence-electron chi connectivity index (χ4n) is 2.92. The lowest BCUT2D eigenvalue weighted by Gasteiger charge is -2.12. The predicted molar refractivity (Wildman–Crippen MR) is 115 cm³/mol. The van der Waals surface area contributed by atoms with Crippen LogP contribution in [0.3, 0.4) is 0 Å². The Hall–Kier alpha value is -3.26. The summed E-state index contributed by atoms with van der Waals surface area (Å²) in [5, 5.41) is 2.26. The van der Waals surface area contributed by atoms with Gasteiger partial charge in [0, 0.05) is 6.54 Å². The van der Waals surface area contributed by atoms with E-state index in [9.17, 15) is 14.4 Å². The Balaban J connectivity index is 1.61. The number of aryl methyl sites for hydroxylation is 1. The van der Waals surface area contributed by atoms with Crippen LogP contribution in [0.15, 0.2) is 47.4 Å². The molecule has 8 heteroatoms. The maximum atomic E-state index is 12.6. The number of methoxy groups -OCH3 is 2. The van der Waals surface area contributed by atoms with Gasteiger partial charge >= 0.3 is 0 Å². The average Bonchev–Trinajstić information content (AvgIpc) is 3.00. The third-order valence-corrected chi connectivity index (χ3v) is 5.45. The normalized spacial score (nSPS) is 14.9. The largest absolute Gasteiger partial charge is 0.497 e. The van der Waals surface area contributed by atoms with E-state index in [1.807, 2.05) is 25.1 Å². The number of hydrogen-bond acceptors (Lipinski definition) is 6. The monoisotopic (exact) mass is 426 g/mol. The number of hydrogen-bond donors (Lipinski definition) is 1. The molecular formula is C22H22N2O5S. The van der Waals surface area contributed by atoms with Crippen LogP contribution in [0, 0.1) is 6.92 Å². The molecule has 2 aromatic carbocycles. The minimum atomic E-state index is -0.474. The molecule has 0 aromatic heterocycles. The lowest BCUT2D eigenvalue weighted by atomic mass is 10.1. The van der Waals surface area contributed by atoms with Crippen molar-refractivity contribution in [3.05, 3.63) is 64.1 Å². The van der Waals surface area contributed by atoms with E-state index < -0.39 is 17.1 Å². The zero-order valence-electron chi connectivity index (χ0n) is 16.9. The molecule has 1 aliphatic rings. The summed E-state index contributed by atoms with van der Waals surface area (Å²) in [5.41, 5.74) is 2.58. The fourth-order valence-corrected chi connectivity index (χ4v) is 3.76. The summed E-state index contributed by atoms with van der Waals surface area (Å²) < 4.78 is 10.3. The summed E-state index contributed by atoms with van der Waals surface area (Å²) in [6, 6.07) is 12.7. The van der Waals surface area contributed by atoms with Crippen molar-refractivity contribution in [2.45, 2.75) is 13.5 Å². The van der Waals surface area contributed by atoms with Crippen molar-refractivity contribution < 1.29 is 23.9 Å². The number of amides is 3. The molecule has 1 N–H and O–H groups in total. The number of ether oxygens (including phenoxy) is 2. The van der Waals surface area contributed by atoms with E-state index in [0.717, 1.165) is 44.9 Å². The lowest BCUT2D eigenvalue weighted by Crippen LogP contribution is -2.39. The van der Waals surface area contributed by atoms with Crippen LogP contribution in [0.4, 0.5) is 4.79 Å². The summed E-state index contributed by atoms with van der Waals surface area (Å²) >= 11 is 0.826. The molecule has 0 atom stereocenters. The van der Waals surface area contributed by atoms with Crippen LogP contribution in [-0.4, -0.2) is 42.7 Å². The molecule has 3 amide bonds. The number of nitrogens with one attached hydrogen (secondary N) is 1. The van der Waals surface area contributed by atoms with E-state index >= 15 is 0 Å². The van der Waals surface area contributed by atoms with Crippen molar-refractivity contribution in [2.75, 3.05) is 20.8 Å². The number of rotatable bonds is 7. The summed E-state index contributed by atoms with van der Waals surface area (Å²) in [6.07, 6.45) is 1.65. The number of nitrogens with zero attached hydrogens (tertiary/aromatic N) is 1. The second-order valence-electron chi connectivity index (χ2n) is 6.62. The Morgan fingerprint density at radius 1 is 1.10 bits per heavy atom. The van der Waals surface area contributed by atoms with E-state index in [2.05, 4.69) is 5.32 Å². The summed E-state index contributed by atoms with van der Waals surface area (Å²) in [5.74, 6) is 0.586. The van der Waals surface area contributed by atoms with E-state index in [1.165, 1.54) is 0 Å². The lowest BCUT2D eigenvalue weighted by molar-refractivity contribution is -0.129. The van der Waals surface area contributed by atoms with Gasteiger partial charge in [0.25, 0.3) is 11.1 Å². The molecule has 1 heterocycles. The van der Waals surface area contributed by atoms with Crippen LogP contribution in [-0.2, 0) is 16.1 Å². The first kappa shape index (κ1) is 21.4. The highest BCUT2D eigenvalue weighted by Crippen LogP contribution is 2.32. The SMILES string of the molecule is COc1ccc(CNC(=O)CN2C(=O)S/C(=C\c3ccc(OC)c(C)c3)C2=O)cc1. The van der Waals surface area contributed by atoms with Crippen LogP contribution in [0.25, 0.3) is 6.08 Å². The smallest absolute Gasteiger partial charge is 0.294 e. The van der Waals surface area contributed by atoms with Crippen molar-refractivity contribution in [3.63, 3.8) is 0 Å². The highest BCUT2D eigenvalue weighted by Gasteiger charge is 2.36. The molecule has 156 valence electrons. The number of carbonyl (C=O) groups excluding carboxylic acids is 3. The second kappa shape index (κ2) is 9.49. The molecule has 1 fully saturated rings. The Labute approximate surface area is 179 Å². The summed E-state index contributed by atoms with van der Waals surface area (Å²) in [4.78, 5) is 38.3. The van der Waals surface area contributed by atoms with Gasteiger partial charge in [0.1, 0.15) is 18.0 Å². The first-order valence-corrected chi connectivity index (χ1v) is 10.0. The summed E-state index contributed by atoms with van der Waals surface area (Å²) in [7, 11) is 3.17. The van der Waals surface area contributed by atoms with E-state index in [-0.39, 0.29) is 11.4 Å². The molecule has 1 aliphatic heterocycles. The average molecular weight is 426 g/mol. The van der Waals surface area contributed by atoms with Gasteiger partial charge < -0.3 is 14.8 Å². The Morgan fingerprint density at radius 3 is 2.47 bits per heavy atom. The molecule has 2 aromatic rings. The van der Waals surface area contributed by atoms with Crippen LogP contribution in [0.5, 0.6) is 11.5 Å². The van der Waals surface area contributed by atoms with Gasteiger partial charge in [-0.05, 0) is 65.7 Å². The quantitative estimate of drug-likeness (QED) is 0.684. The predicted octanol–water partition coefficient (Wildman–Crippen LogP) is 3.36. The zero-order valence-corrected chi connectivity index (χ0v) is 17.7. The molecule has 0 bridgehead atoms. The van der Waals surface area contributed by atoms with Crippen molar-refractivity contribution in [3.8, 4) is 11.5 Å². The maximum absolute atomic E-state index is 12.6. The molecule has 0 radical (unpaired) electrons. The van der Waals surface area contributed by atoms with Crippen molar-refractivity contribution >= 4 is 34.9 Å². The van der Waals surface area contributed by atoms with Crippen molar-refractivity contribution in [1.82, 2.24) is 10.2 Å². The van der Waals surface area contributed by atoms with Gasteiger partial charge in [-0.15, -0.1) is 0 Å². The first-order valence-electron chi connectivity index (χ1n) is 9.21. The molecule has 7 nitrogen and oxygen atoms in total. The van der Waals surface area contributed by atoms with Gasteiger partial charge in [0.15, 0.2) is 0 Å². The molecule has 0 saturated carbocycles. The van der Waals surface area contributed by atoms with Crippen LogP contribution < -0.4 is 14.8 Å². The van der Waals surface area contributed by atoms with Gasteiger partial charge in [-0.2, -0.15) is 0 Å². The van der Waals surface area contributed by atoms with Crippen molar-refractivity contribution in [2.24, 2.45) is 0 Å². The minimum Gasteiger partial charge on any atom is -0.497 e. The highest BCUT2D eigenvalue weighted by atomic mass is 32.2. The van der Waals surface area contributed by atoms with Crippen molar-refractivity contribution in [1.29, 1.82) is 0 Å². The topological polar surface area (TPSA) is 84.9 Å². The van der Waals surface area contributed by atoms with E-state index in [0.29, 0.717) is 6.54 Å². The zero-order chi connectivity index (χ0) is 21.7. The molecule has 30 heavy (non-hydrogen) atoms. The van der Waals surface area contributed by atoms with E-state index in [4.69, 9.17) is 9.47 Å². The van der Waals surface area contributed by atoms with Gasteiger partial charge in [-0.1, -0.05) is 18.2 Å². The molecule has 1 saturated heterocycles. The molecular weight excluding hydrogens is 404 g/mol. The molecule has 3 rings (SSSR count). The fraction of sp³-hybridized carbons (Fsp3) is 0.227. The number of benzene rings is 2. The van der Waals surface area contributed by atoms with Gasteiger partial charge in [-0.25, -0.2) is 0 Å². The molecule has 0 unspecified atom stereocenters. The summed E-state index contributed by atoms with van der Waals surface area (Å²) in [6.45, 7) is 1.87. The Morgan fingerprint density at radius 2 is 1.83 bits per heavy atom. The first-order chi connectivity index (χ1) is 14.4. The van der Waals surface area contributed by atoms with Gasteiger partial charge in [0.05, 0.1) is 19.1 Å². The van der Waals surface area contributed by atoms with Crippen LogP contribution in [0.2, 0.25) is 0 Å². The van der Waals surface area contributed by atoms with E-state index in [1.54, 1.807) is 44.6 Å². The standard InChI is InChI=1S/C22H22N2O5S/c1-14-10-16(6-9-18(14)29-3)11-19-21(26)24(22(27)30-19)13-20(25)23-12-15-4-7-17(28-2)8-5-15/h4-11H,12-13H2,1-3H3,(H,23,25)/b19-11-. The number of carbonyl (C=O) groups is 3. The number of imide groups is 1. The molecule has 0 aliphatic carbocycles. The highest BCUT2D eigenvalue weighted by molar-refractivity contribution is 8.18. The van der Waals surface area contributed by atoms with Gasteiger partial charge in [0.2, 0.25) is 5.91 Å². The van der Waals surface area contributed by atoms with Crippen LogP contribution in [0.1, 0.15) is 16.7 Å². The minimum absolute atomic E-state index is 0.285. The Bertz CT molecular complexity index is 1000. The molecule has 0 spiro atoms. The van der Waals surface area contributed by atoms with Gasteiger partial charge in [-0.3, -0.25) is 19.3 Å². The number of thioether (sulfide) groups is 1. The Kier molecular flexibility index (Phi) is 6.79. The second-order valence-corrected chi connectivity index (χ2v) is 7.61. The third kappa shape index (κ3) is 5.01.